The summed E-state index contributed by atoms with van der Waals surface area (Å²) in [6.45, 7) is 0.213. The Morgan fingerprint density at radius 1 is 1.34 bits per heavy atom. The van der Waals surface area contributed by atoms with Crippen molar-refractivity contribution >= 4 is 45.0 Å². The summed E-state index contributed by atoms with van der Waals surface area (Å²) in [6.07, 6.45) is 0.0899. The van der Waals surface area contributed by atoms with E-state index in [9.17, 15) is 17.6 Å². The number of sulfonamides is 1. The van der Waals surface area contributed by atoms with Crippen LogP contribution in [0.5, 0.6) is 5.75 Å². The Labute approximate surface area is 178 Å². The largest absolute Gasteiger partial charge is 0.476 e. The van der Waals surface area contributed by atoms with E-state index in [1.165, 1.54) is 23.9 Å². The Morgan fingerprint density at radius 3 is 2.83 bits per heavy atom. The molecule has 1 unspecified atom stereocenters. The van der Waals surface area contributed by atoms with Crippen molar-refractivity contribution in [2.45, 2.75) is 11.9 Å². The lowest BCUT2D eigenvalue weighted by atomic mass is 10.2. The number of fused-ring (bicyclic) bond motifs is 1. The first-order valence-corrected chi connectivity index (χ1v) is 12.2. The molecule has 0 aromatic heterocycles. The van der Waals surface area contributed by atoms with Gasteiger partial charge in [-0.3, -0.25) is 9.10 Å². The van der Waals surface area contributed by atoms with Gasteiger partial charge in [0.15, 0.2) is 6.10 Å². The van der Waals surface area contributed by atoms with Gasteiger partial charge in [-0.1, -0.05) is 29.8 Å². The summed E-state index contributed by atoms with van der Waals surface area (Å²) in [4.78, 5) is 12.5. The predicted molar refractivity (Wildman–Crippen MR) is 114 cm³/mol. The van der Waals surface area contributed by atoms with Gasteiger partial charge in [0.05, 0.1) is 18.5 Å². The molecule has 1 aliphatic rings. The summed E-state index contributed by atoms with van der Waals surface area (Å²) < 4.78 is 44.7. The molecule has 0 spiro atoms. The molecule has 10 heteroatoms. The topological polar surface area (TPSA) is 75.7 Å². The Balaban J connectivity index is 1.56. The van der Waals surface area contributed by atoms with Crippen molar-refractivity contribution in [3.8, 4) is 5.75 Å². The number of halogens is 2. The molecule has 0 saturated heterocycles. The van der Waals surface area contributed by atoms with E-state index >= 15 is 0 Å². The minimum Gasteiger partial charge on any atom is -0.476 e. The molecule has 0 radical (unpaired) electrons. The van der Waals surface area contributed by atoms with Gasteiger partial charge in [-0.05, 0) is 29.8 Å². The van der Waals surface area contributed by atoms with Crippen molar-refractivity contribution < 1.29 is 22.3 Å². The highest BCUT2D eigenvalue weighted by Gasteiger charge is 2.35. The molecule has 1 amide bonds. The van der Waals surface area contributed by atoms with Crippen LogP contribution in [0.15, 0.2) is 42.5 Å². The number of rotatable bonds is 7. The molecular weight excluding hydrogens is 439 g/mol. The third-order valence-electron chi connectivity index (χ3n) is 4.24. The number of anilines is 1. The number of ether oxygens (including phenoxy) is 1. The molecule has 156 valence electrons. The lowest BCUT2D eigenvalue weighted by molar-refractivity contribution is -0.127. The van der Waals surface area contributed by atoms with Crippen LogP contribution in [-0.4, -0.2) is 45.5 Å². The van der Waals surface area contributed by atoms with Gasteiger partial charge in [0.2, 0.25) is 10.0 Å². The van der Waals surface area contributed by atoms with Crippen LogP contribution in [0.2, 0.25) is 5.02 Å². The van der Waals surface area contributed by atoms with Crippen LogP contribution in [0.25, 0.3) is 0 Å². The number of hydrogen-bond acceptors (Lipinski definition) is 5. The summed E-state index contributed by atoms with van der Waals surface area (Å²) in [5.74, 6) is 0.693. The van der Waals surface area contributed by atoms with Gasteiger partial charge in [-0.15, -0.1) is 0 Å². The van der Waals surface area contributed by atoms with E-state index in [1.54, 1.807) is 30.3 Å². The van der Waals surface area contributed by atoms with Crippen molar-refractivity contribution in [3.63, 3.8) is 0 Å². The molecule has 0 aliphatic carbocycles. The van der Waals surface area contributed by atoms with E-state index in [0.717, 1.165) is 10.6 Å². The standard InChI is InChI=1S/C19H20ClFN2O4S2/c1-29(25,26)23-11-18(27-17-7-6-14(20)10-16(17)23)19(24)22-8-9-28-12-13-4-2-3-5-15(13)21/h2-7,10,18H,8-9,11-12H2,1H3,(H,22,24). The highest BCUT2D eigenvalue weighted by molar-refractivity contribution is 7.98. The molecule has 0 bridgehead atoms. The molecule has 6 nitrogen and oxygen atoms in total. The highest BCUT2D eigenvalue weighted by Crippen LogP contribution is 2.37. The predicted octanol–water partition coefficient (Wildman–Crippen LogP) is 3.06. The molecule has 1 heterocycles. The van der Waals surface area contributed by atoms with Gasteiger partial charge in [-0.2, -0.15) is 11.8 Å². The summed E-state index contributed by atoms with van der Waals surface area (Å²) >= 11 is 7.45. The first-order chi connectivity index (χ1) is 13.8. The van der Waals surface area contributed by atoms with Crippen LogP contribution in [-0.2, 0) is 20.6 Å². The number of nitrogens with zero attached hydrogens (tertiary/aromatic N) is 1. The monoisotopic (exact) mass is 458 g/mol. The lowest BCUT2D eigenvalue weighted by Crippen LogP contribution is -2.50. The van der Waals surface area contributed by atoms with Crippen LogP contribution in [0.1, 0.15) is 5.56 Å². The molecule has 0 saturated carbocycles. The van der Waals surface area contributed by atoms with E-state index in [2.05, 4.69) is 5.32 Å². The third-order valence-corrected chi connectivity index (χ3v) is 6.63. The Bertz CT molecular complexity index is 1000. The Hall–Kier alpha value is -1.97. The highest BCUT2D eigenvalue weighted by atomic mass is 35.5. The van der Waals surface area contributed by atoms with Crippen LogP contribution in [0.3, 0.4) is 0 Å². The molecule has 1 atom stereocenters. The maximum atomic E-state index is 13.6. The second-order valence-electron chi connectivity index (χ2n) is 6.45. The maximum Gasteiger partial charge on any atom is 0.263 e. The number of benzene rings is 2. The van der Waals surface area contributed by atoms with Gasteiger partial charge in [0.25, 0.3) is 5.91 Å². The number of hydrogen-bond donors (Lipinski definition) is 1. The number of carbonyl (C=O) groups is 1. The minimum atomic E-state index is -3.61. The zero-order chi connectivity index (χ0) is 21.0. The minimum absolute atomic E-state index is 0.139. The molecule has 3 rings (SSSR count). The molecule has 0 fully saturated rings. The average Bonchev–Trinajstić information content (AvgIpc) is 2.67. The fourth-order valence-corrected chi connectivity index (χ4v) is 4.75. The van der Waals surface area contributed by atoms with E-state index in [0.29, 0.717) is 34.3 Å². The summed E-state index contributed by atoms with van der Waals surface area (Å²) in [5, 5.41) is 3.11. The SMILES string of the molecule is CS(=O)(=O)N1CC(C(=O)NCCSCc2ccccc2F)Oc2ccc(Cl)cc21. The fraction of sp³-hybridized carbons (Fsp3) is 0.316. The van der Waals surface area contributed by atoms with Crippen LogP contribution in [0.4, 0.5) is 10.1 Å². The zero-order valence-corrected chi connectivity index (χ0v) is 18.0. The smallest absolute Gasteiger partial charge is 0.263 e. The normalized spacial score (nSPS) is 16.1. The molecule has 2 aromatic carbocycles. The first kappa shape index (κ1) is 21.7. The Morgan fingerprint density at radius 2 is 2.10 bits per heavy atom. The number of amides is 1. The summed E-state index contributed by atoms with van der Waals surface area (Å²) in [7, 11) is -3.61. The van der Waals surface area contributed by atoms with Crippen LogP contribution >= 0.6 is 23.4 Å². The van der Waals surface area contributed by atoms with E-state index < -0.39 is 22.0 Å². The van der Waals surface area contributed by atoms with Crippen molar-refractivity contribution in [1.29, 1.82) is 0 Å². The molecule has 29 heavy (non-hydrogen) atoms. The van der Waals surface area contributed by atoms with Crippen molar-refractivity contribution in [1.82, 2.24) is 5.32 Å². The van der Waals surface area contributed by atoms with Gasteiger partial charge >= 0.3 is 0 Å². The van der Waals surface area contributed by atoms with E-state index in [-0.39, 0.29) is 18.1 Å². The number of carbonyl (C=O) groups excluding carboxylic acids is 1. The lowest BCUT2D eigenvalue weighted by Gasteiger charge is -2.34. The second-order valence-corrected chi connectivity index (χ2v) is 9.90. The van der Waals surface area contributed by atoms with Gasteiger partial charge < -0.3 is 10.1 Å². The van der Waals surface area contributed by atoms with Gasteiger partial charge in [-0.25, -0.2) is 12.8 Å². The fourth-order valence-electron chi connectivity index (χ4n) is 2.83. The van der Waals surface area contributed by atoms with Crippen molar-refractivity contribution in [3.05, 3.63) is 58.9 Å². The molecule has 2 aromatic rings. The average molecular weight is 459 g/mol. The van der Waals surface area contributed by atoms with Gasteiger partial charge in [0, 0.05) is 23.1 Å². The Kier molecular flexibility index (Phi) is 6.92. The number of nitrogens with one attached hydrogen (secondary N) is 1. The van der Waals surface area contributed by atoms with Crippen molar-refractivity contribution in [2.75, 3.05) is 29.4 Å². The van der Waals surface area contributed by atoms with E-state index in [4.69, 9.17) is 16.3 Å². The zero-order valence-electron chi connectivity index (χ0n) is 15.6. The molecule has 1 aliphatic heterocycles. The van der Waals surface area contributed by atoms with Crippen molar-refractivity contribution in [2.24, 2.45) is 0 Å². The second kappa shape index (κ2) is 9.23. The van der Waals surface area contributed by atoms with Crippen LogP contribution < -0.4 is 14.4 Å². The quantitative estimate of drug-likeness (QED) is 0.645. The maximum absolute atomic E-state index is 13.6. The molecular formula is C19H20ClFN2O4S2. The summed E-state index contributed by atoms with van der Waals surface area (Å²) in [6, 6.07) is 11.2. The summed E-state index contributed by atoms with van der Waals surface area (Å²) in [5.41, 5.74) is 0.919. The molecule has 1 N–H and O–H groups in total. The first-order valence-electron chi connectivity index (χ1n) is 8.78. The number of thioether (sulfide) groups is 1. The van der Waals surface area contributed by atoms with Gasteiger partial charge in [0.1, 0.15) is 11.6 Å². The van der Waals surface area contributed by atoms with E-state index in [1.807, 2.05) is 0 Å². The third kappa shape index (κ3) is 5.55. The van der Waals surface area contributed by atoms with Crippen LogP contribution in [0, 0.1) is 5.82 Å².